The number of hydrogen-bond donors (Lipinski definition) is 2. The van der Waals surface area contributed by atoms with Crippen molar-refractivity contribution in [2.24, 2.45) is 5.14 Å². The molecule has 1 saturated heterocycles. The van der Waals surface area contributed by atoms with Crippen LogP contribution in [-0.2, 0) is 14.8 Å². The van der Waals surface area contributed by atoms with E-state index in [1.165, 1.54) is 0 Å². The largest absolute Gasteiger partial charge is 0.379 e. The summed E-state index contributed by atoms with van der Waals surface area (Å²) in [5.41, 5.74) is -0.124. The van der Waals surface area contributed by atoms with E-state index in [9.17, 15) is 17.6 Å². The van der Waals surface area contributed by atoms with E-state index < -0.39 is 26.6 Å². The van der Waals surface area contributed by atoms with Crippen LogP contribution in [0.15, 0.2) is 21.5 Å². The number of nitrogens with one attached hydrogen (secondary N) is 1. The lowest BCUT2D eigenvalue weighted by atomic mass is 10.2. The van der Waals surface area contributed by atoms with Gasteiger partial charge in [0.1, 0.15) is 5.82 Å². The maximum absolute atomic E-state index is 13.5. The highest BCUT2D eigenvalue weighted by Gasteiger charge is 2.24. The molecule has 110 valence electrons. The molecule has 1 aromatic carbocycles. The summed E-state index contributed by atoms with van der Waals surface area (Å²) < 4.78 is 41.2. The normalized spacial score (nSPS) is 19.1. The Morgan fingerprint density at radius 2 is 2.20 bits per heavy atom. The lowest BCUT2D eigenvalue weighted by molar-refractivity contribution is 0.0928. The van der Waals surface area contributed by atoms with Crippen molar-refractivity contribution in [2.45, 2.75) is 17.4 Å². The molecule has 1 aromatic rings. The van der Waals surface area contributed by atoms with Gasteiger partial charge in [-0.15, -0.1) is 0 Å². The summed E-state index contributed by atoms with van der Waals surface area (Å²) in [4.78, 5) is 11.6. The van der Waals surface area contributed by atoms with Crippen molar-refractivity contribution in [2.75, 3.05) is 13.2 Å². The van der Waals surface area contributed by atoms with Gasteiger partial charge in [-0.2, -0.15) is 0 Å². The summed E-state index contributed by atoms with van der Waals surface area (Å²) in [6.45, 7) is 0.915. The Balaban J connectivity index is 2.36. The summed E-state index contributed by atoms with van der Waals surface area (Å²) in [6, 6.07) is 1.54. The SMILES string of the molecule is NS(=O)(=O)c1cc(F)cc(C(=O)NC2CCOC2)c1Br. The van der Waals surface area contributed by atoms with E-state index in [1.54, 1.807) is 0 Å². The third-order valence-corrected chi connectivity index (χ3v) is 4.87. The molecule has 0 saturated carbocycles. The summed E-state index contributed by atoms with van der Waals surface area (Å²) in [5.74, 6) is -1.44. The zero-order chi connectivity index (χ0) is 14.9. The Labute approximate surface area is 123 Å². The second kappa shape index (κ2) is 5.76. The molecule has 0 radical (unpaired) electrons. The van der Waals surface area contributed by atoms with Crippen LogP contribution in [-0.4, -0.2) is 33.6 Å². The Bertz CT molecular complexity index is 644. The Morgan fingerprint density at radius 3 is 2.75 bits per heavy atom. The molecular formula is C11H12BrFN2O4S. The van der Waals surface area contributed by atoms with Crippen LogP contribution in [0, 0.1) is 5.82 Å². The van der Waals surface area contributed by atoms with Crippen LogP contribution in [0.25, 0.3) is 0 Å². The van der Waals surface area contributed by atoms with E-state index >= 15 is 0 Å². The number of rotatable bonds is 3. The second-order valence-electron chi connectivity index (χ2n) is 4.34. The molecule has 1 heterocycles. The van der Waals surface area contributed by atoms with Crippen molar-refractivity contribution >= 4 is 31.9 Å². The van der Waals surface area contributed by atoms with Gasteiger partial charge in [0.05, 0.1) is 27.6 Å². The van der Waals surface area contributed by atoms with Crippen LogP contribution >= 0.6 is 15.9 Å². The predicted octanol–water partition coefficient (Wildman–Crippen LogP) is 0.754. The molecule has 6 nitrogen and oxygen atoms in total. The average Bonchev–Trinajstić information content (AvgIpc) is 2.83. The zero-order valence-electron chi connectivity index (χ0n) is 10.2. The summed E-state index contributed by atoms with van der Waals surface area (Å²) in [5, 5.41) is 7.63. The quantitative estimate of drug-likeness (QED) is 0.824. The first-order valence-corrected chi connectivity index (χ1v) is 8.03. The van der Waals surface area contributed by atoms with E-state index in [0.717, 1.165) is 12.1 Å². The fraction of sp³-hybridized carbons (Fsp3) is 0.364. The smallest absolute Gasteiger partial charge is 0.252 e. The van der Waals surface area contributed by atoms with Crippen molar-refractivity contribution in [1.82, 2.24) is 5.32 Å². The maximum atomic E-state index is 13.5. The molecule has 9 heteroatoms. The molecule has 1 amide bonds. The van der Waals surface area contributed by atoms with Gasteiger partial charge < -0.3 is 10.1 Å². The minimum absolute atomic E-state index is 0.0576. The van der Waals surface area contributed by atoms with Gasteiger partial charge in [-0.1, -0.05) is 0 Å². The highest BCUT2D eigenvalue weighted by Crippen LogP contribution is 2.26. The molecule has 1 aliphatic rings. The number of sulfonamides is 1. The highest BCUT2D eigenvalue weighted by molar-refractivity contribution is 9.10. The molecule has 3 N–H and O–H groups in total. The van der Waals surface area contributed by atoms with Gasteiger partial charge >= 0.3 is 0 Å². The monoisotopic (exact) mass is 366 g/mol. The molecule has 1 aliphatic heterocycles. The van der Waals surface area contributed by atoms with Crippen molar-refractivity contribution in [1.29, 1.82) is 0 Å². The summed E-state index contributed by atoms with van der Waals surface area (Å²) in [7, 11) is -4.13. The predicted molar refractivity (Wildman–Crippen MR) is 72.2 cm³/mol. The van der Waals surface area contributed by atoms with E-state index in [1.807, 2.05) is 0 Å². The topological polar surface area (TPSA) is 98.5 Å². The van der Waals surface area contributed by atoms with Crippen LogP contribution in [0.4, 0.5) is 4.39 Å². The number of benzene rings is 1. The average molecular weight is 367 g/mol. The van der Waals surface area contributed by atoms with Crippen LogP contribution in [0.5, 0.6) is 0 Å². The van der Waals surface area contributed by atoms with Gasteiger partial charge in [0, 0.05) is 6.61 Å². The molecule has 0 aliphatic carbocycles. The summed E-state index contributed by atoms with van der Waals surface area (Å²) >= 11 is 2.98. The van der Waals surface area contributed by atoms with Gasteiger partial charge in [-0.3, -0.25) is 4.79 Å². The molecule has 1 fully saturated rings. The van der Waals surface area contributed by atoms with Crippen molar-refractivity contribution < 1.29 is 22.3 Å². The van der Waals surface area contributed by atoms with Crippen molar-refractivity contribution in [3.05, 3.63) is 28.0 Å². The Hall–Kier alpha value is -1.03. The molecule has 1 atom stereocenters. The molecule has 20 heavy (non-hydrogen) atoms. The number of halogens is 2. The van der Waals surface area contributed by atoms with E-state index in [0.29, 0.717) is 19.6 Å². The lowest BCUT2D eigenvalue weighted by Gasteiger charge is -2.13. The van der Waals surface area contributed by atoms with Gasteiger partial charge in [0.2, 0.25) is 10.0 Å². The van der Waals surface area contributed by atoms with Gasteiger partial charge in [0.25, 0.3) is 5.91 Å². The number of hydrogen-bond acceptors (Lipinski definition) is 4. The van der Waals surface area contributed by atoms with E-state index in [4.69, 9.17) is 9.88 Å². The zero-order valence-corrected chi connectivity index (χ0v) is 12.6. The van der Waals surface area contributed by atoms with E-state index in [-0.39, 0.29) is 16.1 Å². The van der Waals surface area contributed by atoms with Crippen LogP contribution < -0.4 is 10.5 Å². The number of nitrogens with two attached hydrogens (primary N) is 1. The van der Waals surface area contributed by atoms with Gasteiger partial charge in [-0.05, 0) is 34.5 Å². The van der Waals surface area contributed by atoms with Gasteiger partial charge in [0.15, 0.2) is 0 Å². The minimum atomic E-state index is -4.13. The van der Waals surface area contributed by atoms with E-state index in [2.05, 4.69) is 21.2 Å². The Morgan fingerprint density at radius 1 is 1.50 bits per heavy atom. The maximum Gasteiger partial charge on any atom is 0.252 e. The minimum Gasteiger partial charge on any atom is -0.379 e. The molecule has 0 spiro atoms. The molecule has 0 bridgehead atoms. The third-order valence-electron chi connectivity index (χ3n) is 2.82. The molecule has 2 rings (SSSR count). The number of primary sulfonamides is 1. The second-order valence-corrected chi connectivity index (χ2v) is 6.67. The lowest BCUT2D eigenvalue weighted by Crippen LogP contribution is -2.35. The fourth-order valence-electron chi connectivity index (χ4n) is 1.85. The van der Waals surface area contributed by atoms with Crippen LogP contribution in [0.1, 0.15) is 16.8 Å². The number of amides is 1. The standard InChI is InChI=1S/C11H12BrFN2O4S/c12-10-8(11(16)15-7-1-2-19-5-7)3-6(13)4-9(10)20(14,17)18/h3-4,7H,1-2,5H2,(H,15,16)(H2,14,17,18). The molecular weight excluding hydrogens is 355 g/mol. The first-order valence-electron chi connectivity index (χ1n) is 5.69. The third kappa shape index (κ3) is 3.35. The number of carbonyl (C=O) groups is 1. The summed E-state index contributed by atoms with van der Waals surface area (Å²) in [6.07, 6.45) is 0.653. The van der Waals surface area contributed by atoms with Crippen molar-refractivity contribution in [3.8, 4) is 0 Å². The van der Waals surface area contributed by atoms with Crippen molar-refractivity contribution in [3.63, 3.8) is 0 Å². The highest BCUT2D eigenvalue weighted by atomic mass is 79.9. The number of ether oxygens (including phenoxy) is 1. The number of carbonyl (C=O) groups excluding carboxylic acids is 1. The first kappa shape index (κ1) is 15.4. The van der Waals surface area contributed by atoms with Gasteiger partial charge in [-0.25, -0.2) is 17.9 Å². The Kier molecular flexibility index (Phi) is 4.43. The first-order chi connectivity index (χ1) is 9.29. The fourth-order valence-corrected chi connectivity index (χ4v) is 3.57. The molecule has 1 unspecified atom stereocenters. The van der Waals surface area contributed by atoms with Crippen LogP contribution in [0.2, 0.25) is 0 Å². The van der Waals surface area contributed by atoms with Crippen LogP contribution in [0.3, 0.4) is 0 Å². The molecule has 0 aromatic heterocycles.